The summed E-state index contributed by atoms with van der Waals surface area (Å²) in [6.07, 6.45) is 0.746. The van der Waals surface area contributed by atoms with Crippen molar-refractivity contribution >= 4 is 5.71 Å². The van der Waals surface area contributed by atoms with Crippen LogP contribution in [0.5, 0.6) is 5.75 Å². The minimum atomic E-state index is -0.234. The van der Waals surface area contributed by atoms with Gasteiger partial charge in [-0.2, -0.15) is 5.10 Å². The van der Waals surface area contributed by atoms with Crippen LogP contribution in [0.25, 0.3) is 0 Å². The zero-order chi connectivity index (χ0) is 14.1. The van der Waals surface area contributed by atoms with E-state index >= 15 is 0 Å². The summed E-state index contributed by atoms with van der Waals surface area (Å²) < 4.78 is 12.9. The molecule has 4 heteroatoms. The Morgan fingerprint density at radius 2 is 1.95 bits per heavy atom. The number of aryl methyl sites for hydroxylation is 1. The second-order valence-electron chi connectivity index (χ2n) is 5.00. The third-order valence-electron chi connectivity index (χ3n) is 3.56. The van der Waals surface area contributed by atoms with Crippen molar-refractivity contribution < 1.29 is 9.50 Å². The van der Waals surface area contributed by atoms with Crippen molar-refractivity contribution in [2.75, 3.05) is 0 Å². The van der Waals surface area contributed by atoms with Crippen LogP contribution in [0.1, 0.15) is 29.2 Å². The summed E-state index contributed by atoms with van der Waals surface area (Å²) >= 11 is 0. The van der Waals surface area contributed by atoms with Gasteiger partial charge in [-0.25, -0.2) is 4.39 Å². The summed E-state index contributed by atoms with van der Waals surface area (Å²) in [5, 5.41) is 13.9. The van der Waals surface area contributed by atoms with Crippen LogP contribution in [-0.4, -0.2) is 10.8 Å². The molecule has 1 unspecified atom stereocenters. The SMILES string of the molecule is Cc1cc(C2=NNC(c3ccc(F)cc3)C2)ccc1O. The highest BCUT2D eigenvalue weighted by Gasteiger charge is 2.21. The zero-order valence-electron chi connectivity index (χ0n) is 11.1. The van der Waals surface area contributed by atoms with E-state index in [0.717, 1.165) is 28.8 Å². The third-order valence-corrected chi connectivity index (χ3v) is 3.56. The van der Waals surface area contributed by atoms with Gasteiger partial charge in [-0.05, 0) is 53.9 Å². The maximum atomic E-state index is 12.9. The van der Waals surface area contributed by atoms with E-state index in [1.807, 2.05) is 19.1 Å². The minimum absolute atomic E-state index is 0.0692. The van der Waals surface area contributed by atoms with Crippen molar-refractivity contribution in [1.82, 2.24) is 5.43 Å². The molecular formula is C16H15FN2O. The van der Waals surface area contributed by atoms with Crippen LogP contribution in [0.2, 0.25) is 0 Å². The van der Waals surface area contributed by atoms with Crippen LogP contribution in [0.3, 0.4) is 0 Å². The molecule has 1 atom stereocenters. The lowest BCUT2D eigenvalue weighted by Crippen LogP contribution is -2.09. The Hall–Kier alpha value is -2.36. The van der Waals surface area contributed by atoms with Crippen molar-refractivity contribution in [3.05, 3.63) is 65.0 Å². The van der Waals surface area contributed by atoms with Crippen molar-refractivity contribution in [1.29, 1.82) is 0 Å². The van der Waals surface area contributed by atoms with Gasteiger partial charge < -0.3 is 10.5 Å². The van der Waals surface area contributed by atoms with Crippen LogP contribution in [0.15, 0.2) is 47.6 Å². The lowest BCUT2D eigenvalue weighted by atomic mass is 9.98. The van der Waals surface area contributed by atoms with Crippen molar-refractivity contribution in [3.8, 4) is 5.75 Å². The molecule has 0 aromatic heterocycles. The fourth-order valence-corrected chi connectivity index (χ4v) is 2.35. The second-order valence-corrected chi connectivity index (χ2v) is 5.00. The molecule has 0 spiro atoms. The topological polar surface area (TPSA) is 44.6 Å². The number of halogens is 1. The molecule has 1 aliphatic rings. The number of hydrogen-bond acceptors (Lipinski definition) is 3. The average Bonchev–Trinajstić information content (AvgIpc) is 2.92. The Kier molecular flexibility index (Phi) is 3.14. The Morgan fingerprint density at radius 3 is 2.65 bits per heavy atom. The number of nitrogens with zero attached hydrogens (tertiary/aromatic N) is 1. The van der Waals surface area contributed by atoms with E-state index in [9.17, 15) is 9.50 Å². The monoisotopic (exact) mass is 270 g/mol. The normalized spacial score (nSPS) is 17.7. The fraction of sp³-hybridized carbons (Fsp3) is 0.188. The van der Waals surface area contributed by atoms with Crippen molar-refractivity contribution in [3.63, 3.8) is 0 Å². The van der Waals surface area contributed by atoms with Crippen LogP contribution < -0.4 is 5.43 Å². The zero-order valence-corrected chi connectivity index (χ0v) is 11.1. The maximum absolute atomic E-state index is 12.9. The van der Waals surface area contributed by atoms with E-state index in [4.69, 9.17) is 0 Å². The predicted octanol–water partition coefficient (Wildman–Crippen LogP) is 3.28. The highest BCUT2D eigenvalue weighted by atomic mass is 19.1. The standard InChI is InChI=1S/C16H15FN2O/c1-10-8-12(4-7-16(10)20)15-9-14(18-19-15)11-2-5-13(17)6-3-11/h2-8,14,18,20H,9H2,1H3. The van der Waals surface area contributed by atoms with Crippen LogP contribution >= 0.6 is 0 Å². The Bertz CT molecular complexity index is 665. The first kappa shape index (κ1) is 12.7. The number of hydrogen-bond donors (Lipinski definition) is 2. The highest BCUT2D eigenvalue weighted by Crippen LogP contribution is 2.26. The summed E-state index contributed by atoms with van der Waals surface area (Å²) in [5.74, 6) is 0.0532. The minimum Gasteiger partial charge on any atom is -0.508 e. The van der Waals surface area contributed by atoms with Gasteiger partial charge in [0, 0.05) is 6.42 Å². The molecule has 2 N–H and O–H groups in total. The first-order valence-corrected chi connectivity index (χ1v) is 6.51. The predicted molar refractivity (Wildman–Crippen MR) is 76.3 cm³/mol. The van der Waals surface area contributed by atoms with E-state index in [1.165, 1.54) is 12.1 Å². The number of nitrogens with one attached hydrogen (secondary N) is 1. The average molecular weight is 270 g/mol. The quantitative estimate of drug-likeness (QED) is 0.879. The van der Waals surface area contributed by atoms with Crippen molar-refractivity contribution in [2.24, 2.45) is 5.10 Å². The van der Waals surface area contributed by atoms with E-state index in [1.54, 1.807) is 18.2 Å². The van der Waals surface area contributed by atoms with Gasteiger partial charge in [0.15, 0.2) is 0 Å². The highest BCUT2D eigenvalue weighted by molar-refractivity contribution is 6.02. The Labute approximate surface area is 116 Å². The first-order chi connectivity index (χ1) is 9.63. The van der Waals surface area contributed by atoms with Gasteiger partial charge in [-0.15, -0.1) is 0 Å². The molecule has 0 fully saturated rings. The summed E-state index contributed by atoms with van der Waals surface area (Å²) in [4.78, 5) is 0. The van der Waals surface area contributed by atoms with Gasteiger partial charge in [0.2, 0.25) is 0 Å². The summed E-state index contributed by atoms with van der Waals surface area (Å²) in [7, 11) is 0. The smallest absolute Gasteiger partial charge is 0.123 e. The maximum Gasteiger partial charge on any atom is 0.123 e. The molecule has 1 aliphatic heterocycles. The number of rotatable bonds is 2. The van der Waals surface area contributed by atoms with Crippen molar-refractivity contribution in [2.45, 2.75) is 19.4 Å². The van der Waals surface area contributed by atoms with E-state index < -0.39 is 0 Å². The number of aromatic hydroxyl groups is 1. The summed E-state index contributed by atoms with van der Waals surface area (Å²) in [6.45, 7) is 1.86. The molecule has 3 rings (SSSR count). The number of phenolic OH excluding ortho intramolecular Hbond substituents is 1. The van der Waals surface area contributed by atoms with Gasteiger partial charge >= 0.3 is 0 Å². The molecule has 20 heavy (non-hydrogen) atoms. The molecular weight excluding hydrogens is 255 g/mol. The third kappa shape index (κ3) is 2.37. The Balaban J connectivity index is 1.78. The molecule has 1 heterocycles. The molecule has 0 amide bonds. The van der Waals surface area contributed by atoms with Gasteiger partial charge in [-0.3, -0.25) is 0 Å². The molecule has 3 nitrogen and oxygen atoms in total. The van der Waals surface area contributed by atoms with Gasteiger partial charge in [-0.1, -0.05) is 12.1 Å². The molecule has 0 saturated carbocycles. The molecule has 2 aromatic rings. The number of phenols is 1. The fourth-order valence-electron chi connectivity index (χ4n) is 2.35. The number of hydrazone groups is 1. The van der Waals surface area contributed by atoms with Gasteiger partial charge in [0.1, 0.15) is 11.6 Å². The summed E-state index contributed by atoms with van der Waals surface area (Å²) in [5.41, 5.74) is 6.87. The molecule has 2 aromatic carbocycles. The second kappa shape index (κ2) is 4.96. The molecule has 0 saturated heterocycles. The molecule has 102 valence electrons. The van der Waals surface area contributed by atoms with E-state index in [0.29, 0.717) is 0 Å². The molecule has 0 bridgehead atoms. The number of benzene rings is 2. The van der Waals surface area contributed by atoms with Gasteiger partial charge in [0.05, 0.1) is 11.8 Å². The largest absolute Gasteiger partial charge is 0.508 e. The van der Waals surface area contributed by atoms with Crippen LogP contribution in [0, 0.1) is 12.7 Å². The Morgan fingerprint density at radius 1 is 1.20 bits per heavy atom. The molecule has 0 aliphatic carbocycles. The van der Waals surface area contributed by atoms with E-state index in [2.05, 4.69) is 10.5 Å². The van der Waals surface area contributed by atoms with Gasteiger partial charge in [0.25, 0.3) is 0 Å². The van der Waals surface area contributed by atoms with Crippen LogP contribution in [0.4, 0.5) is 4.39 Å². The summed E-state index contributed by atoms with van der Waals surface area (Å²) in [6, 6.07) is 12.0. The lowest BCUT2D eigenvalue weighted by molar-refractivity contribution is 0.471. The van der Waals surface area contributed by atoms with Crippen LogP contribution in [-0.2, 0) is 0 Å². The lowest BCUT2D eigenvalue weighted by Gasteiger charge is -2.10. The van der Waals surface area contributed by atoms with E-state index in [-0.39, 0.29) is 17.6 Å². The first-order valence-electron chi connectivity index (χ1n) is 6.51. The molecule has 0 radical (unpaired) electrons.